The number of halogens is 1. The molecule has 1 aromatic rings. The van der Waals surface area contributed by atoms with E-state index in [0.29, 0.717) is 6.54 Å². The third-order valence-corrected chi connectivity index (χ3v) is 1.72. The molecule has 0 saturated carbocycles. The minimum Gasteiger partial charge on any atom is -0.349 e. The number of hydrogen-bond acceptors (Lipinski definition) is 1. The average molecular weight is 205 g/mol. The van der Waals surface area contributed by atoms with E-state index >= 15 is 0 Å². The molecule has 2 nitrogen and oxygen atoms in total. The third kappa shape index (κ3) is 4.22. The fourth-order valence-corrected chi connectivity index (χ4v) is 0.977. The number of benzene rings is 1. The standard InChI is InChI=1S/C12H12FNO/c1-2-9-14-12(15)8-5-10-3-6-11(13)7-4-10/h2-8H,1,9H2,(H,14,15)/b8-5+. The van der Waals surface area contributed by atoms with Gasteiger partial charge in [0.1, 0.15) is 5.82 Å². The molecule has 0 heterocycles. The van der Waals surface area contributed by atoms with Gasteiger partial charge in [-0.05, 0) is 23.8 Å². The van der Waals surface area contributed by atoms with Crippen LogP contribution in [0.5, 0.6) is 0 Å². The molecule has 0 aliphatic rings. The van der Waals surface area contributed by atoms with Crippen LogP contribution >= 0.6 is 0 Å². The Balaban J connectivity index is 2.53. The summed E-state index contributed by atoms with van der Waals surface area (Å²) in [7, 11) is 0. The lowest BCUT2D eigenvalue weighted by atomic mass is 10.2. The summed E-state index contributed by atoms with van der Waals surface area (Å²) in [4.78, 5) is 11.1. The fraction of sp³-hybridized carbons (Fsp3) is 0.0833. The molecule has 15 heavy (non-hydrogen) atoms. The zero-order chi connectivity index (χ0) is 11.1. The van der Waals surface area contributed by atoms with Gasteiger partial charge in [-0.2, -0.15) is 0 Å². The van der Waals surface area contributed by atoms with E-state index in [-0.39, 0.29) is 11.7 Å². The van der Waals surface area contributed by atoms with Crippen molar-refractivity contribution in [1.82, 2.24) is 5.32 Å². The maximum absolute atomic E-state index is 12.5. The van der Waals surface area contributed by atoms with Gasteiger partial charge in [0.25, 0.3) is 0 Å². The highest BCUT2D eigenvalue weighted by Crippen LogP contribution is 2.04. The molecular weight excluding hydrogens is 193 g/mol. The summed E-state index contributed by atoms with van der Waals surface area (Å²) in [5.41, 5.74) is 0.783. The molecule has 0 radical (unpaired) electrons. The Hall–Kier alpha value is -1.90. The smallest absolute Gasteiger partial charge is 0.244 e. The van der Waals surface area contributed by atoms with Crippen molar-refractivity contribution in [3.8, 4) is 0 Å². The van der Waals surface area contributed by atoms with Crippen LogP contribution in [0, 0.1) is 5.82 Å². The lowest BCUT2D eigenvalue weighted by molar-refractivity contribution is -0.116. The molecule has 78 valence electrons. The first-order chi connectivity index (χ1) is 7.22. The Bertz CT molecular complexity index is 368. The van der Waals surface area contributed by atoms with Crippen LogP contribution in [0.2, 0.25) is 0 Å². The molecule has 0 bridgehead atoms. The molecule has 1 aromatic carbocycles. The van der Waals surface area contributed by atoms with Crippen LogP contribution in [0.4, 0.5) is 4.39 Å². The van der Waals surface area contributed by atoms with Crippen molar-refractivity contribution in [3.63, 3.8) is 0 Å². The Morgan fingerprint density at radius 3 is 2.67 bits per heavy atom. The summed E-state index contributed by atoms with van der Waals surface area (Å²) in [6.45, 7) is 3.92. The molecule has 3 heteroatoms. The summed E-state index contributed by atoms with van der Waals surface area (Å²) in [6, 6.07) is 5.90. The van der Waals surface area contributed by atoms with Gasteiger partial charge in [-0.3, -0.25) is 4.79 Å². The maximum atomic E-state index is 12.5. The van der Waals surface area contributed by atoms with Crippen LogP contribution in [0.25, 0.3) is 6.08 Å². The molecule has 1 N–H and O–H groups in total. The van der Waals surface area contributed by atoms with E-state index < -0.39 is 0 Å². The quantitative estimate of drug-likeness (QED) is 0.592. The molecule has 0 aliphatic heterocycles. The van der Waals surface area contributed by atoms with Crippen LogP contribution in [0.15, 0.2) is 43.0 Å². The Morgan fingerprint density at radius 1 is 1.40 bits per heavy atom. The molecule has 0 saturated heterocycles. The highest BCUT2D eigenvalue weighted by Gasteiger charge is 1.92. The van der Waals surface area contributed by atoms with Crippen molar-refractivity contribution < 1.29 is 9.18 Å². The van der Waals surface area contributed by atoms with Crippen molar-refractivity contribution in [2.75, 3.05) is 6.54 Å². The number of carbonyl (C=O) groups is 1. The second-order valence-corrected chi connectivity index (χ2v) is 2.92. The van der Waals surface area contributed by atoms with Gasteiger partial charge in [0, 0.05) is 12.6 Å². The Morgan fingerprint density at radius 2 is 2.07 bits per heavy atom. The number of hydrogen-bond donors (Lipinski definition) is 1. The topological polar surface area (TPSA) is 29.1 Å². The molecule has 1 rings (SSSR count). The van der Waals surface area contributed by atoms with Gasteiger partial charge in [-0.25, -0.2) is 4.39 Å². The van der Waals surface area contributed by atoms with Gasteiger partial charge in [0.15, 0.2) is 0 Å². The van der Waals surface area contributed by atoms with Crippen LogP contribution in [0.3, 0.4) is 0 Å². The SMILES string of the molecule is C=CCNC(=O)/C=C/c1ccc(F)cc1. The first-order valence-corrected chi connectivity index (χ1v) is 4.55. The summed E-state index contributed by atoms with van der Waals surface area (Å²) < 4.78 is 12.5. The zero-order valence-corrected chi connectivity index (χ0v) is 8.24. The van der Waals surface area contributed by atoms with E-state index in [1.807, 2.05) is 0 Å². The molecule has 0 fully saturated rings. The molecule has 1 amide bonds. The minimum atomic E-state index is -0.289. The van der Waals surface area contributed by atoms with Crippen molar-refractivity contribution in [1.29, 1.82) is 0 Å². The molecule has 0 spiro atoms. The third-order valence-electron chi connectivity index (χ3n) is 1.72. The Labute approximate surface area is 88.1 Å². The van der Waals surface area contributed by atoms with E-state index in [9.17, 15) is 9.18 Å². The Kier molecular flexibility index (Phi) is 4.29. The molecular formula is C12H12FNO. The van der Waals surface area contributed by atoms with Crippen molar-refractivity contribution in [2.45, 2.75) is 0 Å². The van der Waals surface area contributed by atoms with E-state index in [1.54, 1.807) is 24.3 Å². The first kappa shape index (κ1) is 11.2. The first-order valence-electron chi connectivity index (χ1n) is 4.55. The van der Waals surface area contributed by atoms with Crippen LogP contribution in [-0.2, 0) is 4.79 Å². The fourth-order valence-electron chi connectivity index (χ4n) is 0.977. The molecule has 0 unspecified atom stereocenters. The highest BCUT2D eigenvalue weighted by molar-refractivity contribution is 5.91. The number of nitrogens with one attached hydrogen (secondary N) is 1. The van der Waals surface area contributed by atoms with Gasteiger partial charge in [0.2, 0.25) is 5.91 Å². The van der Waals surface area contributed by atoms with Crippen molar-refractivity contribution in [3.05, 3.63) is 54.4 Å². The summed E-state index contributed by atoms with van der Waals surface area (Å²) >= 11 is 0. The van der Waals surface area contributed by atoms with Gasteiger partial charge in [-0.1, -0.05) is 18.2 Å². The van der Waals surface area contributed by atoms with E-state index in [4.69, 9.17) is 0 Å². The molecule has 0 atom stereocenters. The lowest BCUT2D eigenvalue weighted by Crippen LogP contribution is -2.20. The largest absolute Gasteiger partial charge is 0.349 e. The van der Waals surface area contributed by atoms with E-state index in [2.05, 4.69) is 11.9 Å². The van der Waals surface area contributed by atoms with Crippen molar-refractivity contribution in [2.24, 2.45) is 0 Å². The van der Waals surface area contributed by atoms with Gasteiger partial charge in [-0.15, -0.1) is 6.58 Å². The number of rotatable bonds is 4. The monoisotopic (exact) mass is 205 g/mol. The molecule has 0 aromatic heterocycles. The highest BCUT2D eigenvalue weighted by atomic mass is 19.1. The number of amides is 1. The average Bonchev–Trinajstić information content (AvgIpc) is 2.25. The van der Waals surface area contributed by atoms with Gasteiger partial charge >= 0.3 is 0 Å². The zero-order valence-electron chi connectivity index (χ0n) is 8.24. The second kappa shape index (κ2) is 5.75. The predicted octanol–water partition coefficient (Wildman–Crippen LogP) is 2.14. The maximum Gasteiger partial charge on any atom is 0.244 e. The summed E-state index contributed by atoms with van der Waals surface area (Å²) in [5.74, 6) is -0.484. The molecule has 0 aliphatic carbocycles. The summed E-state index contributed by atoms with van der Waals surface area (Å²) in [5, 5.41) is 2.60. The van der Waals surface area contributed by atoms with Crippen LogP contribution in [0.1, 0.15) is 5.56 Å². The second-order valence-electron chi connectivity index (χ2n) is 2.92. The summed E-state index contributed by atoms with van der Waals surface area (Å²) in [6.07, 6.45) is 4.62. The lowest BCUT2D eigenvalue weighted by Gasteiger charge is -1.95. The van der Waals surface area contributed by atoms with Crippen molar-refractivity contribution >= 4 is 12.0 Å². The van der Waals surface area contributed by atoms with E-state index in [1.165, 1.54) is 18.2 Å². The predicted molar refractivity (Wildman–Crippen MR) is 58.6 cm³/mol. The van der Waals surface area contributed by atoms with Gasteiger partial charge in [0.05, 0.1) is 0 Å². The number of carbonyl (C=O) groups excluding carboxylic acids is 1. The van der Waals surface area contributed by atoms with Crippen LogP contribution in [-0.4, -0.2) is 12.5 Å². The minimum absolute atomic E-state index is 0.195. The van der Waals surface area contributed by atoms with E-state index in [0.717, 1.165) is 5.56 Å². The van der Waals surface area contributed by atoms with Gasteiger partial charge < -0.3 is 5.32 Å². The van der Waals surface area contributed by atoms with Crippen LogP contribution < -0.4 is 5.32 Å². The normalized spacial score (nSPS) is 10.2.